The number of nitro groups is 1. The summed E-state index contributed by atoms with van der Waals surface area (Å²) in [5.41, 5.74) is -2.35. The first-order valence-electron chi connectivity index (χ1n) is 13.0. The summed E-state index contributed by atoms with van der Waals surface area (Å²) in [5, 5.41) is 44.8. The molecule has 13 heteroatoms. The molecule has 0 saturated heterocycles. The van der Waals surface area contributed by atoms with Crippen molar-refractivity contribution in [2.24, 2.45) is 0 Å². The van der Waals surface area contributed by atoms with Crippen molar-refractivity contribution in [2.45, 2.75) is 26.7 Å². The van der Waals surface area contributed by atoms with Crippen LogP contribution in [0.25, 0.3) is 43.1 Å². The molecule has 0 unspecified atom stereocenters. The summed E-state index contributed by atoms with van der Waals surface area (Å²) in [5.74, 6) is -6.01. The molecule has 0 fully saturated rings. The van der Waals surface area contributed by atoms with Crippen LogP contribution in [0, 0.1) is 10.1 Å². The fourth-order valence-corrected chi connectivity index (χ4v) is 5.59. The second kappa shape index (κ2) is 10.5. The van der Waals surface area contributed by atoms with E-state index in [1.54, 1.807) is 0 Å². The molecule has 5 rings (SSSR count). The van der Waals surface area contributed by atoms with Crippen LogP contribution >= 0.6 is 0 Å². The number of carboxylic acids is 3. The molecule has 0 radical (unpaired) electrons. The van der Waals surface area contributed by atoms with Crippen molar-refractivity contribution in [1.29, 1.82) is 0 Å². The summed E-state index contributed by atoms with van der Waals surface area (Å²) in [7, 11) is 0. The Balaban J connectivity index is 2.16. The molecule has 0 saturated carbocycles. The maximum absolute atomic E-state index is 13.2. The number of nitrogens with zero attached hydrogens (tertiary/aromatic N) is 1. The highest BCUT2D eigenvalue weighted by Gasteiger charge is 2.32. The fourth-order valence-electron chi connectivity index (χ4n) is 5.59. The van der Waals surface area contributed by atoms with Crippen molar-refractivity contribution in [3.8, 4) is 0 Å². The number of unbranched alkanes of at least 4 members (excludes halogenated alkanes) is 1. The topological polar surface area (TPSA) is 210 Å². The van der Waals surface area contributed by atoms with Crippen LogP contribution in [0.5, 0.6) is 0 Å². The molecule has 0 atom stereocenters. The third-order valence-corrected chi connectivity index (χ3v) is 7.23. The highest BCUT2D eigenvalue weighted by molar-refractivity contribution is 6.41. The number of nitro benzene ring substituents is 1. The monoisotopic (exact) mass is 586 g/mol. The highest BCUT2D eigenvalue weighted by atomic mass is 16.6. The lowest BCUT2D eigenvalue weighted by Gasteiger charge is -2.21. The van der Waals surface area contributed by atoms with Crippen molar-refractivity contribution in [3.63, 3.8) is 0 Å². The van der Waals surface area contributed by atoms with Crippen molar-refractivity contribution in [3.05, 3.63) is 68.8 Å². The smallest absolute Gasteiger partial charge is 0.338 e. The number of ether oxygens (including phenoxy) is 1. The quantitative estimate of drug-likeness (QED) is 0.0413. The SMILES string of the molecule is CCCCOC(=O)c1ccc2c3c(NC(C)=O)cc(C(=O)O)c4c(C(=O)O)ccc(c5c([N+](=O)[O-])cc(C(=O)O)c1c25)c43. The van der Waals surface area contributed by atoms with Gasteiger partial charge in [-0.15, -0.1) is 0 Å². The van der Waals surface area contributed by atoms with Gasteiger partial charge in [-0.25, -0.2) is 19.2 Å². The van der Waals surface area contributed by atoms with Gasteiger partial charge in [-0.05, 0) is 35.4 Å². The predicted octanol–water partition coefficient (Wildman–Crippen LogP) is 5.66. The zero-order valence-electron chi connectivity index (χ0n) is 22.6. The maximum Gasteiger partial charge on any atom is 0.338 e. The average Bonchev–Trinajstić information content (AvgIpc) is 2.94. The van der Waals surface area contributed by atoms with E-state index in [1.165, 1.54) is 25.1 Å². The van der Waals surface area contributed by atoms with Gasteiger partial charge in [0.25, 0.3) is 5.69 Å². The lowest BCUT2D eigenvalue weighted by Crippen LogP contribution is -2.12. The second-order valence-electron chi connectivity index (χ2n) is 9.83. The minimum absolute atomic E-state index is 0.0122. The molecule has 0 aliphatic rings. The lowest BCUT2D eigenvalue weighted by molar-refractivity contribution is -0.383. The van der Waals surface area contributed by atoms with E-state index in [1.807, 2.05) is 6.92 Å². The van der Waals surface area contributed by atoms with Gasteiger partial charge >= 0.3 is 23.9 Å². The molecule has 1 amide bonds. The van der Waals surface area contributed by atoms with Gasteiger partial charge in [0.1, 0.15) is 0 Å². The first-order chi connectivity index (χ1) is 20.4. The molecule has 13 nitrogen and oxygen atoms in total. The largest absolute Gasteiger partial charge is 0.478 e. The summed E-state index contributed by atoms with van der Waals surface area (Å²) in [4.78, 5) is 74.2. The molecule has 0 spiro atoms. The van der Waals surface area contributed by atoms with E-state index in [0.717, 1.165) is 18.2 Å². The number of anilines is 1. The standard InChI is InChI=1S/C30H22N2O11/c1-3-4-9-43-30(40)16-8-6-13-23-19(31-12(2)33)10-17(28(36)37)21-15(27(34)35)7-5-14(25(21)23)24-20(32(41)42)11-18(29(38)39)22(16)26(13)24/h5-8,10-11H,3-4,9H2,1-2H3,(H,31,33)(H,34,35)(H,36,37)(H,38,39). The fraction of sp³-hybridized carbons (Fsp3) is 0.167. The van der Waals surface area contributed by atoms with Gasteiger partial charge < -0.3 is 25.4 Å². The third kappa shape index (κ3) is 4.47. The van der Waals surface area contributed by atoms with E-state index in [0.29, 0.717) is 12.8 Å². The van der Waals surface area contributed by atoms with E-state index in [9.17, 15) is 49.4 Å². The highest BCUT2D eigenvalue weighted by Crippen LogP contribution is 2.49. The predicted molar refractivity (Wildman–Crippen MR) is 155 cm³/mol. The van der Waals surface area contributed by atoms with E-state index in [4.69, 9.17) is 4.74 Å². The Hall–Kier alpha value is -5.85. The number of carbonyl (C=O) groups is 5. The summed E-state index contributed by atoms with van der Waals surface area (Å²) in [6, 6.07) is 6.92. The van der Waals surface area contributed by atoms with Crippen LogP contribution in [0.4, 0.5) is 11.4 Å². The van der Waals surface area contributed by atoms with Crippen molar-refractivity contribution < 1.29 is 49.0 Å². The average molecular weight is 587 g/mol. The molecule has 4 N–H and O–H groups in total. The number of carboxylic acid groups (broad SMARTS) is 3. The molecule has 5 aromatic carbocycles. The van der Waals surface area contributed by atoms with Crippen molar-refractivity contribution >= 4 is 84.2 Å². The normalized spacial score (nSPS) is 11.3. The van der Waals surface area contributed by atoms with E-state index in [-0.39, 0.29) is 60.9 Å². The minimum atomic E-state index is -1.56. The molecule has 0 aliphatic carbocycles. The number of hydrogen-bond acceptors (Lipinski definition) is 8. The number of hydrogen-bond donors (Lipinski definition) is 4. The van der Waals surface area contributed by atoms with Crippen LogP contribution in [0.2, 0.25) is 0 Å². The summed E-state index contributed by atoms with van der Waals surface area (Å²) in [6.07, 6.45) is 1.25. The Morgan fingerprint density at radius 3 is 1.86 bits per heavy atom. The summed E-state index contributed by atoms with van der Waals surface area (Å²) < 4.78 is 5.35. The van der Waals surface area contributed by atoms with Crippen LogP contribution in [-0.2, 0) is 9.53 Å². The van der Waals surface area contributed by atoms with E-state index >= 15 is 0 Å². The molecule has 5 aromatic rings. The summed E-state index contributed by atoms with van der Waals surface area (Å²) in [6.45, 7) is 3.10. The van der Waals surface area contributed by atoms with Gasteiger partial charge in [0.2, 0.25) is 5.91 Å². The van der Waals surface area contributed by atoms with Gasteiger partial charge in [0.15, 0.2) is 0 Å². The van der Waals surface area contributed by atoms with Gasteiger partial charge in [-0.1, -0.05) is 25.5 Å². The number of benzene rings is 5. The number of fused-ring (bicyclic) bond motifs is 2. The molecule has 0 aliphatic heterocycles. The second-order valence-corrected chi connectivity index (χ2v) is 9.83. The Kier molecular flexibility index (Phi) is 7.02. The summed E-state index contributed by atoms with van der Waals surface area (Å²) >= 11 is 0. The Bertz CT molecular complexity index is 2080. The third-order valence-electron chi connectivity index (χ3n) is 7.23. The zero-order valence-corrected chi connectivity index (χ0v) is 22.6. The van der Waals surface area contributed by atoms with E-state index < -0.39 is 57.1 Å². The number of aromatic carboxylic acids is 3. The molecule has 43 heavy (non-hydrogen) atoms. The molecular formula is C30H22N2O11. The molecule has 0 aromatic heterocycles. The van der Waals surface area contributed by atoms with E-state index in [2.05, 4.69) is 5.32 Å². The lowest BCUT2D eigenvalue weighted by atomic mass is 9.83. The van der Waals surface area contributed by atoms with Crippen LogP contribution < -0.4 is 5.32 Å². The van der Waals surface area contributed by atoms with Gasteiger partial charge in [-0.2, -0.15) is 0 Å². The number of non-ortho nitro benzene ring substituents is 1. The van der Waals surface area contributed by atoms with Gasteiger partial charge in [-0.3, -0.25) is 14.9 Å². The number of nitrogens with one attached hydrogen (secondary N) is 1. The Morgan fingerprint density at radius 2 is 1.30 bits per heavy atom. The first-order valence-corrected chi connectivity index (χ1v) is 13.0. The first kappa shape index (κ1) is 28.7. The van der Waals surface area contributed by atoms with Gasteiger partial charge in [0.05, 0.1) is 44.9 Å². The molecule has 218 valence electrons. The van der Waals surface area contributed by atoms with Crippen LogP contribution in [0.15, 0.2) is 36.4 Å². The Labute approximate surface area is 240 Å². The zero-order chi connectivity index (χ0) is 31.3. The van der Waals surface area contributed by atoms with Crippen LogP contribution in [0.3, 0.4) is 0 Å². The molecular weight excluding hydrogens is 564 g/mol. The molecule has 0 bridgehead atoms. The Morgan fingerprint density at radius 1 is 0.767 bits per heavy atom. The maximum atomic E-state index is 13.2. The molecule has 0 heterocycles. The number of amides is 1. The number of carbonyl (C=O) groups excluding carboxylic acids is 2. The van der Waals surface area contributed by atoms with Crippen LogP contribution in [0.1, 0.15) is 68.1 Å². The van der Waals surface area contributed by atoms with Crippen LogP contribution in [-0.4, -0.2) is 56.6 Å². The number of esters is 1. The van der Waals surface area contributed by atoms with Crippen molar-refractivity contribution in [2.75, 3.05) is 11.9 Å². The van der Waals surface area contributed by atoms with Crippen molar-refractivity contribution in [1.82, 2.24) is 0 Å². The number of rotatable bonds is 9. The van der Waals surface area contributed by atoms with Gasteiger partial charge in [0, 0.05) is 39.9 Å². The minimum Gasteiger partial charge on any atom is -0.478 e.